The lowest BCUT2D eigenvalue weighted by Crippen LogP contribution is -2.11. The van der Waals surface area contributed by atoms with Crippen molar-refractivity contribution in [1.82, 2.24) is 15.0 Å². The first-order valence-corrected chi connectivity index (χ1v) is 13.5. The van der Waals surface area contributed by atoms with E-state index in [9.17, 15) is 0 Å². The number of aromatic nitrogens is 3. The van der Waals surface area contributed by atoms with Gasteiger partial charge in [0.25, 0.3) is 0 Å². The smallest absolute Gasteiger partial charge is 0.164 e. The van der Waals surface area contributed by atoms with Crippen LogP contribution >= 0.6 is 0 Å². The summed E-state index contributed by atoms with van der Waals surface area (Å²) in [4.78, 5) is 15.0. The monoisotopic (exact) mass is 511 g/mol. The van der Waals surface area contributed by atoms with Gasteiger partial charge in [-0.1, -0.05) is 114 Å². The molecule has 2 heterocycles. The number of fused-ring (bicyclic) bond motifs is 3. The third-order valence-corrected chi connectivity index (χ3v) is 7.23. The Morgan fingerprint density at radius 3 is 1.67 bits per heavy atom. The van der Waals surface area contributed by atoms with Gasteiger partial charge in [0.2, 0.25) is 0 Å². The van der Waals surface area contributed by atoms with E-state index in [0.717, 1.165) is 44.2 Å². The number of benzene rings is 4. The third kappa shape index (κ3) is 4.61. The number of furan rings is 1. The molecule has 0 fully saturated rings. The normalized spacial score (nSPS) is 12.4. The van der Waals surface area contributed by atoms with Crippen molar-refractivity contribution in [2.45, 2.75) is 52.4 Å². The first-order valence-electron chi connectivity index (χ1n) is 13.5. The summed E-state index contributed by atoms with van der Waals surface area (Å²) in [5, 5.41) is 2.13. The summed E-state index contributed by atoms with van der Waals surface area (Å²) in [5.74, 6) is 1.93. The Bertz CT molecular complexity index is 1750. The lowest BCUT2D eigenvalue weighted by atomic mass is 9.84. The van der Waals surface area contributed by atoms with Crippen LogP contribution < -0.4 is 0 Å². The van der Waals surface area contributed by atoms with Crippen LogP contribution in [0.4, 0.5) is 0 Å². The lowest BCUT2D eigenvalue weighted by molar-refractivity contribution is 0.572. The van der Waals surface area contributed by atoms with Crippen LogP contribution in [-0.2, 0) is 10.8 Å². The van der Waals surface area contributed by atoms with Gasteiger partial charge in [-0.3, -0.25) is 0 Å². The van der Waals surface area contributed by atoms with Crippen molar-refractivity contribution in [3.05, 3.63) is 102 Å². The molecule has 4 aromatic carbocycles. The van der Waals surface area contributed by atoms with Gasteiger partial charge in [0.05, 0.1) is 0 Å². The van der Waals surface area contributed by atoms with Crippen LogP contribution in [0.2, 0.25) is 0 Å². The fourth-order valence-corrected chi connectivity index (χ4v) is 5.05. The van der Waals surface area contributed by atoms with Crippen LogP contribution in [-0.4, -0.2) is 15.0 Å². The van der Waals surface area contributed by atoms with E-state index in [1.807, 2.05) is 60.7 Å². The summed E-state index contributed by atoms with van der Waals surface area (Å²) >= 11 is 0. The Hall–Kier alpha value is -4.31. The molecule has 4 heteroatoms. The molecule has 2 aromatic heterocycles. The molecule has 0 atom stereocenters. The van der Waals surface area contributed by atoms with Gasteiger partial charge >= 0.3 is 0 Å². The predicted molar refractivity (Wildman–Crippen MR) is 161 cm³/mol. The van der Waals surface area contributed by atoms with Gasteiger partial charge in [0.15, 0.2) is 17.5 Å². The summed E-state index contributed by atoms with van der Waals surface area (Å²) in [5.41, 5.74) is 6.95. The quantitative estimate of drug-likeness (QED) is 0.237. The maximum absolute atomic E-state index is 6.60. The lowest BCUT2D eigenvalue weighted by Gasteiger charge is -2.20. The Kier molecular flexibility index (Phi) is 5.87. The van der Waals surface area contributed by atoms with Gasteiger partial charge < -0.3 is 4.42 Å². The van der Waals surface area contributed by atoms with Gasteiger partial charge in [0, 0.05) is 33.0 Å². The second kappa shape index (κ2) is 9.16. The van der Waals surface area contributed by atoms with Crippen molar-refractivity contribution >= 4 is 21.9 Å². The van der Waals surface area contributed by atoms with E-state index in [1.54, 1.807) is 0 Å². The van der Waals surface area contributed by atoms with Crippen molar-refractivity contribution in [3.63, 3.8) is 0 Å². The van der Waals surface area contributed by atoms with Crippen LogP contribution in [0.1, 0.15) is 52.7 Å². The minimum atomic E-state index is -0.0962. The van der Waals surface area contributed by atoms with E-state index in [4.69, 9.17) is 19.4 Å². The highest BCUT2D eigenvalue weighted by Gasteiger charge is 2.26. The van der Waals surface area contributed by atoms with Gasteiger partial charge in [-0.2, -0.15) is 0 Å². The van der Waals surface area contributed by atoms with Crippen molar-refractivity contribution in [3.8, 4) is 34.2 Å². The summed E-state index contributed by atoms with van der Waals surface area (Å²) in [6, 6.07) is 31.1. The second-order valence-electron chi connectivity index (χ2n) is 12.2. The van der Waals surface area contributed by atoms with E-state index >= 15 is 0 Å². The molecule has 0 N–H and O–H groups in total. The minimum absolute atomic E-state index is 0.00765. The molecule has 0 aliphatic carbocycles. The van der Waals surface area contributed by atoms with Crippen LogP contribution in [0.25, 0.3) is 56.1 Å². The zero-order valence-corrected chi connectivity index (χ0v) is 23.4. The summed E-state index contributed by atoms with van der Waals surface area (Å²) in [7, 11) is 0. The summed E-state index contributed by atoms with van der Waals surface area (Å²) < 4.78 is 6.60. The van der Waals surface area contributed by atoms with E-state index in [-0.39, 0.29) is 10.8 Å². The Labute approximate surface area is 229 Å². The molecule has 0 saturated heterocycles. The molecule has 0 unspecified atom stereocenters. The first-order chi connectivity index (χ1) is 18.6. The highest BCUT2D eigenvalue weighted by atomic mass is 16.3. The van der Waals surface area contributed by atoms with Gasteiger partial charge in [-0.05, 0) is 34.6 Å². The molecular weight excluding hydrogens is 478 g/mol. The maximum Gasteiger partial charge on any atom is 0.164 e. The number of hydrogen-bond donors (Lipinski definition) is 0. The maximum atomic E-state index is 6.60. The average molecular weight is 512 g/mol. The van der Waals surface area contributed by atoms with Crippen molar-refractivity contribution in [2.24, 2.45) is 0 Å². The Balaban J connectivity index is 1.70. The SMILES string of the molecule is CC(C)(C)c1ccc2oc3c(C(C)(C)C)ccc(-c4nc(-c5ccccc5)nc(-c5ccccc5)n4)c3c2c1. The highest BCUT2D eigenvalue weighted by molar-refractivity contribution is 6.13. The van der Waals surface area contributed by atoms with E-state index in [2.05, 4.69) is 71.9 Å². The zero-order valence-electron chi connectivity index (χ0n) is 23.4. The number of rotatable bonds is 3. The summed E-state index contributed by atoms with van der Waals surface area (Å²) in [6.07, 6.45) is 0. The van der Waals surface area contributed by atoms with Crippen molar-refractivity contribution in [2.75, 3.05) is 0 Å². The fourth-order valence-electron chi connectivity index (χ4n) is 5.05. The molecule has 0 aliphatic heterocycles. The minimum Gasteiger partial charge on any atom is -0.456 e. The van der Waals surface area contributed by atoms with Gasteiger partial charge in [-0.15, -0.1) is 0 Å². The second-order valence-corrected chi connectivity index (χ2v) is 12.2. The predicted octanol–water partition coefficient (Wildman–Crippen LogP) is 9.37. The third-order valence-electron chi connectivity index (χ3n) is 7.23. The summed E-state index contributed by atoms with van der Waals surface area (Å²) in [6.45, 7) is 13.4. The van der Waals surface area contributed by atoms with Crippen molar-refractivity contribution in [1.29, 1.82) is 0 Å². The largest absolute Gasteiger partial charge is 0.456 e. The Morgan fingerprint density at radius 2 is 1.13 bits per heavy atom. The fraction of sp³-hybridized carbons (Fsp3) is 0.229. The van der Waals surface area contributed by atoms with E-state index < -0.39 is 0 Å². The zero-order chi connectivity index (χ0) is 27.4. The molecule has 6 aromatic rings. The van der Waals surface area contributed by atoms with E-state index in [0.29, 0.717) is 17.5 Å². The first kappa shape index (κ1) is 25.0. The van der Waals surface area contributed by atoms with Gasteiger partial charge in [0.1, 0.15) is 11.2 Å². The molecule has 6 rings (SSSR count). The van der Waals surface area contributed by atoms with E-state index in [1.165, 1.54) is 5.56 Å². The molecular formula is C35H33N3O. The molecule has 0 radical (unpaired) electrons. The molecule has 4 nitrogen and oxygen atoms in total. The van der Waals surface area contributed by atoms with Crippen LogP contribution in [0.5, 0.6) is 0 Å². The molecule has 194 valence electrons. The highest BCUT2D eigenvalue weighted by Crippen LogP contribution is 2.42. The molecule has 0 saturated carbocycles. The van der Waals surface area contributed by atoms with Gasteiger partial charge in [-0.25, -0.2) is 15.0 Å². The van der Waals surface area contributed by atoms with Crippen LogP contribution in [0, 0.1) is 0 Å². The number of hydrogen-bond acceptors (Lipinski definition) is 4. The van der Waals surface area contributed by atoms with Crippen LogP contribution in [0.3, 0.4) is 0 Å². The molecule has 0 aliphatic rings. The molecule has 0 amide bonds. The topological polar surface area (TPSA) is 51.8 Å². The standard InChI is InChI=1S/C35H33N3O/c1-34(2,3)24-17-20-28-26(21-24)29-25(18-19-27(30(29)39-28)35(4,5)6)33-37-31(22-13-9-7-10-14-22)36-32(38-33)23-15-11-8-12-16-23/h7-21H,1-6H3. The van der Waals surface area contributed by atoms with Crippen molar-refractivity contribution < 1.29 is 4.42 Å². The Morgan fingerprint density at radius 1 is 0.564 bits per heavy atom. The molecule has 0 spiro atoms. The molecule has 0 bridgehead atoms. The number of nitrogens with zero attached hydrogens (tertiary/aromatic N) is 3. The molecule has 39 heavy (non-hydrogen) atoms. The average Bonchev–Trinajstić information content (AvgIpc) is 3.31. The van der Waals surface area contributed by atoms with Crippen LogP contribution in [0.15, 0.2) is 95.4 Å².